The van der Waals surface area contributed by atoms with Crippen LogP contribution in [0, 0.1) is 0 Å². The van der Waals surface area contributed by atoms with Gasteiger partial charge in [-0.25, -0.2) is 0 Å². The van der Waals surface area contributed by atoms with E-state index in [-0.39, 0.29) is 6.54 Å². The summed E-state index contributed by atoms with van der Waals surface area (Å²) in [5.41, 5.74) is -0.763. The quantitative estimate of drug-likeness (QED) is 0.646. The van der Waals surface area contributed by atoms with E-state index in [1.54, 1.807) is 30.8 Å². The fraction of sp³-hybridized carbons (Fsp3) is 0.467. The van der Waals surface area contributed by atoms with Gasteiger partial charge in [0.15, 0.2) is 0 Å². The Morgan fingerprint density at radius 3 is 2.70 bits per heavy atom. The minimum Gasteiger partial charge on any atom is -0.495 e. The summed E-state index contributed by atoms with van der Waals surface area (Å²) in [5.74, 6) is -0.542. The highest BCUT2D eigenvalue weighted by Gasteiger charge is 2.23. The molecule has 128 valence electrons. The van der Waals surface area contributed by atoms with Gasteiger partial charge in [0.25, 0.3) is 0 Å². The molecule has 0 fully saturated rings. The third-order valence-corrected chi connectivity index (χ3v) is 3.94. The van der Waals surface area contributed by atoms with E-state index < -0.39 is 17.4 Å². The van der Waals surface area contributed by atoms with Crippen LogP contribution < -0.4 is 15.4 Å². The van der Waals surface area contributed by atoms with Crippen LogP contribution in [-0.2, 0) is 9.59 Å². The molecule has 0 saturated heterocycles. The number of nitrogens with one attached hydrogen (secondary N) is 2. The first kappa shape index (κ1) is 19.6. The van der Waals surface area contributed by atoms with Gasteiger partial charge < -0.3 is 20.5 Å². The molecule has 2 amide bonds. The van der Waals surface area contributed by atoms with Crippen LogP contribution in [0.3, 0.4) is 0 Å². The third-order valence-electron chi connectivity index (χ3n) is 3.09. The molecule has 0 aliphatic heterocycles. The zero-order chi connectivity index (χ0) is 17.5. The van der Waals surface area contributed by atoms with Gasteiger partial charge in [-0.1, -0.05) is 11.6 Å². The first-order valence-electron chi connectivity index (χ1n) is 6.93. The summed E-state index contributed by atoms with van der Waals surface area (Å²) in [5, 5.41) is 15.3. The summed E-state index contributed by atoms with van der Waals surface area (Å²) < 4.78 is 5.09. The molecule has 0 saturated carbocycles. The Labute approximate surface area is 144 Å². The van der Waals surface area contributed by atoms with Gasteiger partial charge >= 0.3 is 11.8 Å². The summed E-state index contributed by atoms with van der Waals surface area (Å²) in [7, 11) is 1.45. The Morgan fingerprint density at radius 1 is 1.39 bits per heavy atom. The van der Waals surface area contributed by atoms with Gasteiger partial charge in [0.2, 0.25) is 0 Å². The number of benzene rings is 1. The fourth-order valence-corrected chi connectivity index (χ4v) is 2.53. The number of amides is 2. The maximum Gasteiger partial charge on any atom is 0.313 e. The summed E-state index contributed by atoms with van der Waals surface area (Å²) in [6.45, 7) is 1.61. The van der Waals surface area contributed by atoms with Crippen molar-refractivity contribution in [3.8, 4) is 5.75 Å². The van der Waals surface area contributed by atoms with Crippen molar-refractivity contribution in [3.05, 3.63) is 23.2 Å². The lowest BCUT2D eigenvalue weighted by Crippen LogP contribution is -2.44. The van der Waals surface area contributed by atoms with Gasteiger partial charge in [-0.15, -0.1) is 0 Å². The van der Waals surface area contributed by atoms with Gasteiger partial charge in [0.05, 0.1) is 18.4 Å². The largest absolute Gasteiger partial charge is 0.495 e. The van der Waals surface area contributed by atoms with E-state index in [0.29, 0.717) is 22.9 Å². The first-order chi connectivity index (χ1) is 10.8. The monoisotopic (exact) mass is 360 g/mol. The molecule has 0 aliphatic rings. The normalized spacial score (nSPS) is 13.1. The lowest BCUT2D eigenvalue weighted by molar-refractivity contribution is -0.136. The molecular formula is C15H21ClN2O4S. The van der Waals surface area contributed by atoms with Gasteiger partial charge in [-0.3, -0.25) is 9.59 Å². The summed E-state index contributed by atoms with van der Waals surface area (Å²) >= 11 is 7.46. The van der Waals surface area contributed by atoms with E-state index in [4.69, 9.17) is 16.3 Å². The molecule has 1 rings (SSSR count). The Kier molecular flexibility index (Phi) is 7.67. The van der Waals surface area contributed by atoms with Crippen LogP contribution in [0.2, 0.25) is 5.02 Å². The number of thioether (sulfide) groups is 1. The van der Waals surface area contributed by atoms with Crippen molar-refractivity contribution in [1.29, 1.82) is 0 Å². The molecule has 0 bridgehead atoms. The number of ether oxygens (including phenoxy) is 1. The number of carbonyl (C=O) groups is 2. The second kappa shape index (κ2) is 9.00. The fourth-order valence-electron chi connectivity index (χ4n) is 1.72. The van der Waals surface area contributed by atoms with Crippen LogP contribution in [0.5, 0.6) is 5.75 Å². The van der Waals surface area contributed by atoms with Gasteiger partial charge in [0.1, 0.15) is 5.75 Å². The summed E-state index contributed by atoms with van der Waals surface area (Å²) in [6.07, 6.45) is 2.44. The standard InChI is InChI=1S/C15H21ClN2O4S/c1-15(21,6-7-23-3)9-17-13(19)14(20)18-11-8-10(16)4-5-12(11)22-2/h4-5,8,21H,6-7,9H2,1-3H3,(H,17,19)(H,18,20)/t15-/m0/s1. The zero-order valence-corrected chi connectivity index (χ0v) is 14.9. The van der Waals surface area contributed by atoms with Crippen LogP contribution in [0.25, 0.3) is 0 Å². The Balaban J connectivity index is 2.61. The van der Waals surface area contributed by atoms with Crippen LogP contribution in [0.4, 0.5) is 5.69 Å². The Morgan fingerprint density at radius 2 is 2.09 bits per heavy atom. The predicted octanol–water partition coefficient (Wildman–Crippen LogP) is 1.91. The van der Waals surface area contributed by atoms with Crippen LogP contribution in [0.1, 0.15) is 13.3 Å². The molecule has 1 aromatic rings. The number of rotatable bonds is 7. The van der Waals surface area contributed by atoms with E-state index in [1.165, 1.54) is 13.2 Å². The predicted molar refractivity (Wildman–Crippen MR) is 93.3 cm³/mol. The third kappa shape index (κ3) is 6.68. The molecular weight excluding hydrogens is 340 g/mol. The smallest absolute Gasteiger partial charge is 0.313 e. The van der Waals surface area contributed by atoms with Crippen molar-refractivity contribution in [2.45, 2.75) is 18.9 Å². The molecule has 0 heterocycles. The maximum absolute atomic E-state index is 11.9. The van der Waals surface area contributed by atoms with Crippen molar-refractivity contribution in [2.75, 3.05) is 31.0 Å². The lowest BCUT2D eigenvalue weighted by atomic mass is 10.0. The SMILES string of the molecule is COc1ccc(Cl)cc1NC(=O)C(=O)NC[C@@](C)(O)CCSC. The number of anilines is 1. The average Bonchev–Trinajstić information content (AvgIpc) is 2.51. The summed E-state index contributed by atoms with van der Waals surface area (Å²) in [6, 6.07) is 4.68. The van der Waals surface area contributed by atoms with E-state index in [1.807, 2.05) is 6.26 Å². The van der Waals surface area contributed by atoms with E-state index >= 15 is 0 Å². The van der Waals surface area contributed by atoms with Gasteiger partial charge in [-0.2, -0.15) is 11.8 Å². The van der Waals surface area contributed by atoms with Gasteiger partial charge in [0, 0.05) is 11.6 Å². The highest BCUT2D eigenvalue weighted by Crippen LogP contribution is 2.27. The molecule has 3 N–H and O–H groups in total. The average molecular weight is 361 g/mol. The highest BCUT2D eigenvalue weighted by molar-refractivity contribution is 7.98. The molecule has 8 heteroatoms. The molecule has 1 atom stereocenters. The number of aliphatic hydroxyl groups is 1. The van der Waals surface area contributed by atoms with Crippen molar-refractivity contribution in [1.82, 2.24) is 5.32 Å². The maximum atomic E-state index is 11.9. The second-order valence-electron chi connectivity index (χ2n) is 5.22. The number of carbonyl (C=O) groups excluding carboxylic acids is 2. The second-order valence-corrected chi connectivity index (χ2v) is 6.64. The molecule has 0 unspecified atom stereocenters. The molecule has 6 nitrogen and oxygen atoms in total. The van der Waals surface area contributed by atoms with Crippen LogP contribution >= 0.6 is 23.4 Å². The molecule has 0 aromatic heterocycles. The Hall–Kier alpha value is -1.44. The van der Waals surface area contributed by atoms with Crippen LogP contribution in [-0.4, -0.2) is 48.2 Å². The van der Waals surface area contributed by atoms with E-state index in [9.17, 15) is 14.7 Å². The van der Waals surface area contributed by atoms with Crippen molar-refractivity contribution < 1.29 is 19.4 Å². The van der Waals surface area contributed by atoms with E-state index in [2.05, 4.69) is 10.6 Å². The van der Waals surface area contributed by atoms with Crippen LogP contribution in [0.15, 0.2) is 18.2 Å². The summed E-state index contributed by atoms with van der Waals surface area (Å²) in [4.78, 5) is 23.8. The van der Waals surface area contributed by atoms with Crippen molar-refractivity contribution >= 4 is 40.9 Å². The number of hydrogen-bond donors (Lipinski definition) is 3. The molecule has 1 aromatic carbocycles. The van der Waals surface area contributed by atoms with Gasteiger partial charge in [-0.05, 0) is 43.6 Å². The Bertz CT molecular complexity index is 566. The molecule has 23 heavy (non-hydrogen) atoms. The topological polar surface area (TPSA) is 87.7 Å². The lowest BCUT2D eigenvalue weighted by Gasteiger charge is -2.23. The van der Waals surface area contributed by atoms with E-state index in [0.717, 1.165) is 5.75 Å². The first-order valence-corrected chi connectivity index (χ1v) is 8.70. The molecule has 0 aliphatic carbocycles. The number of halogens is 1. The minimum absolute atomic E-state index is 0.00745. The van der Waals surface area contributed by atoms with Crippen molar-refractivity contribution in [3.63, 3.8) is 0 Å². The molecule has 0 radical (unpaired) electrons. The molecule has 0 spiro atoms. The minimum atomic E-state index is -1.06. The number of methoxy groups -OCH3 is 1. The highest BCUT2D eigenvalue weighted by atomic mass is 35.5. The zero-order valence-electron chi connectivity index (χ0n) is 13.3. The number of hydrogen-bond acceptors (Lipinski definition) is 5. The van der Waals surface area contributed by atoms with Crippen molar-refractivity contribution in [2.24, 2.45) is 0 Å².